The zero-order valence-corrected chi connectivity index (χ0v) is 12.4. The molecule has 0 spiro atoms. The first-order valence-electron chi connectivity index (χ1n) is 6.65. The van der Waals surface area contributed by atoms with Gasteiger partial charge in [0.2, 0.25) is 0 Å². The monoisotopic (exact) mass is 275 g/mol. The van der Waals surface area contributed by atoms with E-state index >= 15 is 0 Å². The Bertz CT molecular complexity index is 493. The van der Waals surface area contributed by atoms with E-state index in [0.717, 1.165) is 30.3 Å². The van der Waals surface area contributed by atoms with Crippen LogP contribution in [0.3, 0.4) is 0 Å². The van der Waals surface area contributed by atoms with Crippen molar-refractivity contribution in [1.29, 1.82) is 0 Å². The van der Waals surface area contributed by atoms with Crippen molar-refractivity contribution in [2.24, 2.45) is 5.73 Å². The number of nitrogens with two attached hydrogens (primary N) is 1. The second-order valence-corrected chi connectivity index (χ2v) is 5.64. The fraction of sp³-hybridized carbons (Fsp3) is 0.400. The summed E-state index contributed by atoms with van der Waals surface area (Å²) in [5, 5.41) is 3.14. The molecule has 1 aromatic heterocycles. The quantitative estimate of drug-likeness (QED) is 0.880. The van der Waals surface area contributed by atoms with Crippen LogP contribution in [0.1, 0.15) is 36.2 Å². The maximum absolute atomic E-state index is 5.85. The number of hydrogen-bond acceptors (Lipinski definition) is 4. The van der Waals surface area contributed by atoms with Crippen LogP contribution in [0.5, 0.6) is 0 Å². The Morgan fingerprint density at radius 1 is 1.26 bits per heavy atom. The number of rotatable bonds is 6. The molecule has 4 heteroatoms. The molecular weight excluding hydrogens is 254 g/mol. The zero-order chi connectivity index (χ0) is 13.7. The molecule has 0 saturated heterocycles. The third kappa shape index (κ3) is 4.13. The molecule has 2 rings (SSSR count). The van der Waals surface area contributed by atoms with Crippen LogP contribution >= 0.6 is 11.3 Å². The summed E-state index contributed by atoms with van der Waals surface area (Å²) < 4.78 is 0. The normalized spacial score (nSPS) is 12.8. The van der Waals surface area contributed by atoms with Crippen LogP contribution in [0.25, 0.3) is 0 Å². The molecule has 2 aromatic rings. The van der Waals surface area contributed by atoms with E-state index in [2.05, 4.69) is 52.5 Å². The Hall–Kier alpha value is -1.23. The standard InChI is InChI=1S/C15H21N3S/c1-3-18(9-13-7-5-4-6-8-13)10-14-11-19-15(17-14)12(2)16/h4-8,11-12H,3,9-10,16H2,1-2H3. The summed E-state index contributed by atoms with van der Waals surface area (Å²) in [6, 6.07) is 10.6. The third-order valence-corrected chi connectivity index (χ3v) is 4.14. The van der Waals surface area contributed by atoms with E-state index in [1.165, 1.54) is 5.56 Å². The van der Waals surface area contributed by atoms with Crippen molar-refractivity contribution < 1.29 is 0 Å². The van der Waals surface area contributed by atoms with Gasteiger partial charge in [0, 0.05) is 18.5 Å². The minimum absolute atomic E-state index is 0.0305. The third-order valence-electron chi connectivity index (χ3n) is 3.04. The van der Waals surface area contributed by atoms with Crippen molar-refractivity contribution in [2.45, 2.75) is 33.0 Å². The summed E-state index contributed by atoms with van der Waals surface area (Å²) in [6.07, 6.45) is 0. The molecule has 0 aliphatic carbocycles. The van der Waals surface area contributed by atoms with Crippen molar-refractivity contribution in [3.05, 3.63) is 52.0 Å². The highest BCUT2D eigenvalue weighted by molar-refractivity contribution is 7.09. The van der Waals surface area contributed by atoms with Crippen molar-refractivity contribution in [3.8, 4) is 0 Å². The van der Waals surface area contributed by atoms with Gasteiger partial charge in [-0.25, -0.2) is 4.98 Å². The molecule has 0 saturated carbocycles. The molecular formula is C15H21N3S. The van der Waals surface area contributed by atoms with E-state index in [9.17, 15) is 0 Å². The first kappa shape index (κ1) is 14.2. The summed E-state index contributed by atoms with van der Waals surface area (Å²) in [5.74, 6) is 0. The molecule has 0 fully saturated rings. The largest absolute Gasteiger partial charge is 0.322 e. The van der Waals surface area contributed by atoms with Crippen LogP contribution in [0.4, 0.5) is 0 Å². The predicted molar refractivity (Wildman–Crippen MR) is 80.9 cm³/mol. The van der Waals surface area contributed by atoms with Crippen molar-refractivity contribution in [2.75, 3.05) is 6.54 Å². The van der Waals surface area contributed by atoms with Crippen LogP contribution in [0.15, 0.2) is 35.7 Å². The summed E-state index contributed by atoms with van der Waals surface area (Å²) in [6.45, 7) is 7.02. The molecule has 0 bridgehead atoms. The Labute approximate surface area is 119 Å². The van der Waals surface area contributed by atoms with Gasteiger partial charge in [-0.05, 0) is 19.0 Å². The van der Waals surface area contributed by atoms with E-state index in [0.29, 0.717) is 0 Å². The second-order valence-electron chi connectivity index (χ2n) is 4.75. The summed E-state index contributed by atoms with van der Waals surface area (Å²) >= 11 is 1.65. The van der Waals surface area contributed by atoms with Crippen LogP contribution < -0.4 is 5.73 Å². The fourth-order valence-electron chi connectivity index (χ4n) is 1.95. The Kier molecular flexibility index (Phi) is 5.07. The lowest BCUT2D eigenvalue weighted by molar-refractivity contribution is 0.268. The Balaban J connectivity index is 1.98. The van der Waals surface area contributed by atoms with E-state index in [-0.39, 0.29) is 6.04 Å². The van der Waals surface area contributed by atoms with Gasteiger partial charge >= 0.3 is 0 Å². The second kappa shape index (κ2) is 6.80. The lowest BCUT2D eigenvalue weighted by Gasteiger charge is -2.19. The number of thiazole rings is 1. The minimum Gasteiger partial charge on any atom is -0.322 e. The predicted octanol–water partition coefficient (Wildman–Crippen LogP) is 3.18. The first-order valence-corrected chi connectivity index (χ1v) is 7.53. The van der Waals surface area contributed by atoms with Gasteiger partial charge in [-0.1, -0.05) is 37.3 Å². The lowest BCUT2D eigenvalue weighted by Crippen LogP contribution is -2.22. The lowest BCUT2D eigenvalue weighted by atomic mass is 10.2. The average Bonchev–Trinajstić information content (AvgIpc) is 2.88. The van der Waals surface area contributed by atoms with Gasteiger partial charge < -0.3 is 5.73 Å². The van der Waals surface area contributed by atoms with Crippen molar-refractivity contribution in [1.82, 2.24) is 9.88 Å². The molecule has 0 radical (unpaired) electrons. The van der Waals surface area contributed by atoms with Crippen LogP contribution in [0.2, 0.25) is 0 Å². The summed E-state index contributed by atoms with van der Waals surface area (Å²) in [7, 11) is 0. The van der Waals surface area contributed by atoms with Gasteiger partial charge in [0.05, 0.1) is 11.7 Å². The Morgan fingerprint density at radius 3 is 2.58 bits per heavy atom. The molecule has 0 amide bonds. The zero-order valence-electron chi connectivity index (χ0n) is 11.5. The highest BCUT2D eigenvalue weighted by Crippen LogP contribution is 2.17. The SMILES string of the molecule is CCN(Cc1ccccc1)Cc1csc(C(C)N)n1. The number of hydrogen-bond donors (Lipinski definition) is 1. The molecule has 3 nitrogen and oxygen atoms in total. The molecule has 1 aromatic carbocycles. The van der Waals surface area contributed by atoms with E-state index in [4.69, 9.17) is 5.73 Å². The van der Waals surface area contributed by atoms with Gasteiger partial charge in [0.1, 0.15) is 5.01 Å². The highest BCUT2D eigenvalue weighted by Gasteiger charge is 2.10. The molecule has 1 unspecified atom stereocenters. The molecule has 1 heterocycles. The van der Waals surface area contributed by atoms with Crippen LogP contribution in [-0.2, 0) is 13.1 Å². The molecule has 0 aliphatic rings. The number of nitrogens with zero attached hydrogens (tertiary/aromatic N) is 2. The van der Waals surface area contributed by atoms with E-state index in [1.54, 1.807) is 11.3 Å². The Morgan fingerprint density at radius 2 is 2.00 bits per heavy atom. The molecule has 2 N–H and O–H groups in total. The van der Waals surface area contributed by atoms with Crippen molar-refractivity contribution in [3.63, 3.8) is 0 Å². The van der Waals surface area contributed by atoms with Crippen LogP contribution in [-0.4, -0.2) is 16.4 Å². The van der Waals surface area contributed by atoms with Gasteiger partial charge in [0.15, 0.2) is 0 Å². The highest BCUT2D eigenvalue weighted by atomic mass is 32.1. The number of aromatic nitrogens is 1. The van der Waals surface area contributed by atoms with Crippen molar-refractivity contribution >= 4 is 11.3 Å². The maximum atomic E-state index is 5.85. The average molecular weight is 275 g/mol. The molecule has 102 valence electrons. The molecule has 0 aliphatic heterocycles. The smallest absolute Gasteiger partial charge is 0.109 e. The molecule has 19 heavy (non-hydrogen) atoms. The molecule has 1 atom stereocenters. The minimum atomic E-state index is 0.0305. The van der Waals surface area contributed by atoms with Gasteiger partial charge in [0.25, 0.3) is 0 Å². The fourth-order valence-corrected chi connectivity index (χ4v) is 2.72. The maximum Gasteiger partial charge on any atom is 0.109 e. The van der Waals surface area contributed by atoms with E-state index < -0.39 is 0 Å². The first-order chi connectivity index (χ1) is 9.19. The topological polar surface area (TPSA) is 42.1 Å². The summed E-state index contributed by atoms with van der Waals surface area (Å²) in [5.41, 5.74) is 8.31. The number of benzene rings is 1. The van der Waals surface area contributed by atoms with Gasteiger partial charge in [-0.3, -0.25) is 4.90 Å². The van der Waals surface area contributed by atoms with Crippen LogP contribution in [0, 0.1) is 0 Å². The summed E-state index contributed by atoms with van der Waals surface area (Å²) in [4.78, 5) is 6.98. The van der Waals surface area contributed by atoms with Gasteiger partial charge in [-0.2, -0.15) is 0 Å². The van der Waals surface area contributed by atoms with Gasteiger partial charge in [-0.15, -0.1) is 11.3 Å². The van der Waals surface area contributed by atoms with E-state index in [1.807, 2.05) is 6.92 Å².